The van der Waals surface area contributed by atoms with Crippen LogP contribution >= 0.6 is 0 Å². The van der Waals surface area contributed by atoms with Crippen molar-refractivity contribution < 1.29 is 14.0 Å². The Balaban J connectivity index is 1.58. The van der Waals surface area contributed by atoms with E-state index < -0.39 is 0 Å². The molecular weight excluding hydrogens is 258 g/mol. The van der Waals surface area contributed by atoms with Crippen molar-refractivity contribution >= 4 is 5.69 Å². The van der Waals surface area contributed by atoms with Gasteiger partial charge in [-0.05, 0) is 19.1 Å². The van der Waals surface area contributed by atoms with Crippen LogP contribution in [0.4, 0.5) is 5.69 Å². The second-order valence-corrected chi connectivity index (χ2v) is 4.70. The number of aromatic nitrogens is 2. The first-order valence-corrected chi connectivity index (χ1v) is 6.63. The van der Waals surface area contributed by atoms with Crippen molar-refractivity contribution in [1.82, 2.24) is 10.1 Å². The molecule has 2 aromatic rings. The number of hydrogen-bond acceptors (Lipinski definition) is 6. The van der Waals surface area contributed by atoms with Crippen molar-refractivity contribution in [3.8, 4) is 0 Å². The van der Waals surface area contributed by atoms with Crippen molar-refractivity contribution in [2.45, 2.75) is 19.6 Å². The molecule has 20 heavy (non-hydrogen) atoms. The van der Waals surface area contributed by atoms with Gasteiger partial charge in [0.1, 0.15) is 6.10 Å². The molecule has 1 saturated heterocycles. The maximum Gasteiger partial charge on any atom is 0.246 e. The SMILES string of the molecule is Cc1ccc(NCc2nc(C3COCCO3)no2)cc1. The van der Waals surface area contributed by atoms with Gasteiger partial charge >= 0.3 is 0 Å². The summed E-state index contributed by atoms with van der Waals surface area (Å²) >= 11 is 0. The molecule has 0 amide bonds. The number of nitrogens with zero attached hydrogens (tertiary/aromatic N) is 2. The average Bonchev–Trinajstić information content (AvgIpc) is 2.97. The van der Waals surface area contributed by atoms with Crippen LogP contribution in [0.15, 0.2) is 28.8 Å². The molecule has 1 atom stereocenters. The summed E-state index contributed by atoms with van der Waals surface area (Å²) in [7, 11) is 0. The summed E-state index contributed by atoms with van der Waals surface area (Å²) in [6.07, 6.45) is -0.222. The van der Waals surface area contributed by atoms with E-state index in [2.05, 4.69) is 34.5 Å². The van der Waals surface area contributed by atoms with Crippen LogP contribution in [0.2, 0.25) is 0 Å². The summed E-state index contributed by atoms with van der Waals surface area (Å²) in [4.78, 5) is 4.32. The lowest BCUT2D eigenvalue weighted by Gasteiger charge is -2.19. The highest BCUT2D eigenvalue weighted by Crippen LogP contribution is 2.18. The van der Waals surface area contributed by atoms with Crippen LogP contribution in [-0.2, 0) is 16.0 Å². The zero-order valence-electron chi connectivity index (χ0n) is 11.3. The average molecular weight is 275 g/mol. The first kappa shape index (κ1) is 13.1. The molecule has 1 fully saturated rings. The van der Waals surface area contributed by atoms with E-state index in [0.29, 0.717) is 38.1 Å². The fourth-order valence-electron chi connectivity index (χ4n) is 1.96. The Bertz CT molecular complexity index is 547. The van der Waals surface area contributed by atoms with Crippen molar-refractivity contribution in [3.05, 3.63) is 41.5 Å². The highest BCUT2D eigenvalue weighted by atomic mass is 16.6. The van der Waals surface area contributed by atoms with Crippen molar-refractivity contribution in [2.24, 2.45) is 0 Å². The standard InChI is InChI=1S/C14H17N3O3/c1-10-2-4-11(5-3-10)15-8-13-16-14(17-20-13)12-9-18-6-7-19-12/h2-5,12,15H,6-9H2,1H3. The second kappa shape index (κ2) is 6.02. The molecule has 3 rings (SSSR count). The molecule has 106 valence electrons. The number of aryl methyl sites for hydroxylation is 1. The van der Waals surface area contributed by atoms with Gasteiger partial charge in [-0.25, -0.2) is 0 Å². The lowest BCUT2D eigenvalue weighted by atomic mass is 10.2. The minimum atomic E-state index is -0.222. The van der Waals surface area contributed by atoms with Gasteiger partial charge in [0.15, 0.2) is 0 Å². The molecule has 0 spiro atoms. The maximum absolute atomic E-state index is 5.52. The molecule has 1 aliphatic heterocycles. The van der Waals surface area contributed by atoms with E-state index in [0.717, 1.165) is 5.69 Å². The zero-order chi connectivity index (χ0) is 13.8. The maximum atomic E-state index is 5.52. The first-order valence-electron chi connectivity index (χ1n) is 6.63. The summed E-state index contributed by atoms with van der Waals surface area (Å²) < 4.78 is 16.1. The second-order valence-electron chi connectivity index (χ2n) is 4.70. The van der Waals surface area contributed by atoms with Gasteiger partial charge in [-0.15, -0.1) is 0 Å². The van der Waals surface area contributed by atoms with Crippen LogP contribution < -0.4 is 5.32 Å². The van der Waals surface area contributed by atoms with Gasteiger partial charge in [0.2, 0.25) is 11.7 Å². The van der Waals surface area contributed by atoms with E-state index in [1.165, 1.54) is 5.56 Å². The normalized spacial score (nSPS) is 18.9. The summed E-state index contributed by atoms with van der Waals surface area (Å²) in [6.45, 7) is 4.21. The Morgan fingerprint density at radius 2 is 2.10 bits per heavy atom. The molecule has 1 aromatic heterocycles. The predicted octanol–water partition coefficient (Wildman–Crippen LogP) is 2.08. The van der Waals surface area contributed by atoms with Crippen LogP contribution in [0.25, 0.3) is 0 Å². The molecule has 1 unspecified atom stereocenters. The number of benzene rings is 1. The van der Waals surface area contributed by atoms with E-state index in [1.807, 2.05) is 12.1 Å². The van der Waals surface area contributed by atoms with Gasteiger partial charge in [-0.1, -0.05) is 22.9 Å². The third kappa shape index (κ3) is 3.15. The van der Waals surface area contributed by atoms with Gasteiger partial charge in [-0.2, -0.15) is 4.98 Å². The van der Waals surface area contributed by atoms with Crippen LogP contribution in [0.1, 0.15) is 23.4 Å². The third-order valence-electron chi connectivity index (χ3n) is 3.08. The topological polar surface area (TPSA) is 69.4 Å². The number of nitrogens with one attached hydrogen (secondary N) is 1. The van der Waals surface area contributed by atoms with Gasteiger partial charge in [0, 0.05) is 5.69 Å². The minimum Gasteiger partial charge on any atom is -0.376 e. The first-order chi connectivity index (χ1) is 9.81. The summed E-state index contributed by atoms with van der Waals surface area (Å²) in [6, 6.07) is 8.14. The van der Waals surface area contributed by atoms with Crippen LogP contribution in [0.3, 0.4) is 0 Å². The van der Waals surface area contributed by atoms with E-state index >= 15 is 0 Å². The molecule has 0 saturated carbocycles. The molecule has 0 radical (unpaired) electrons. The third-order valence-corrected chi connectivity index (χ3v) is 3.08. The molecule has 2 heterocycles. The number of anilines is 1. The summed E-state index contributed by atoms with van der Waals surface area (Å²) in [5.74, 6) is 1.08. The minimum absolute atomic E-state index is 0.222. The van der Waals surface area contributed by atoms with Gasteiger partial charge in [-0.3, -0.25) is 0 Å². The largest absolute Gasteiger partial charge is 0.376 e. The van der Waals surface area contributed by atoms with Crippen LogP contribution in [0.5, 0.6) is 0 Å². The number of rotatable bonds is 4. The van der Waals surface area contributed by atoms with E-state index in [9.17, 15) is 0 Å². The van der Waals surface area contributed by atoms with Crippen molar-refractivity contribution in [3.63, 3.8) is 0 Å². The smallest absolute Gasteiger partial charge is 0.246 e. The molecule has 6 heteroatoms. The van der Waals surface area contributed by atoms with Crippen LogP contribution in [-0.4, -0.2) is 30.0 Å². The molecule has 0 aliphatic carbocycles. The van der Waals surface area contributed by atoms with E-state index in [4.69, 9.17) is 14.0 Å². The van der Waals surface area contributed by atoms with Crippen molar-refractivity contribution in [1.29, 1.82) is 0 Å². The Hall–Kier alpha value is -1.92. The molecule has 1 aliphatic rings. The monoisotopic (exact) mass is 275 g/mol. The quantitative estimate of drug-likeness (QED) is 0.921. The summed E-state index contributed by atoms with van der Waals surface area (Å²) in [5.41, 5.74) is 2.25. The van der Waals surface area contributed by atoms with Gasteiger partial charge < -0.3 is 19.3 Å². The predicted molar refractivity (Wildman–Crippen MR) is 72.3 cm³/mol. The lowest BCUT2D eigenvalue weighted by Crippen LogP contribution is -2.22. The fraction of sp³-hybridized carbons (Fsp3) is 0.429. The molecule has 6 nitrogen and oxygen atoms in total. The Morgan fingerprint density at radius 3 is 2.85 bits per heavy atom. The van der Waals surface area contributed by atoms with Gasteiger partial charge in [0.25, 0.3) is 0 Å². The number of ether oxygens (including phenoxy) is 2. The zero-order valence-corrected chi connectivity index (χ0v) is 11.3. The van der Waals surface area contributed by atoms with E-state index in [1.54, 1.807) is 0 Å². The fourth-order valence-corrected chi connectivity index (χ4v) is 1.96. The lowest BCUT2D eigenvalue weighted by molar-refractivity contribution is -0.0941. The molecule has 0 bridgehead atoms. The highest BCUT2D eigenvalue weighted by molar-refractivity contribution is 5.44. The van der Waals surface area contributed by atoms with E-state index in [-0.39, 0.29) is 6.10 Å². The Morgan fingerprint density at radius 1 is 1.25 bits per heavy atom. The van der Waals surface area contributed by atoms with Crippen LogP contribution in [0, 0.1) is 6.92 Å². The molecule has 1 aromatic carbocycles. The molecular formula is C14H17N3O3. The Kier molecular flexibility index (Phi) is 3.94. The number of hydrogen-bond donors (Lipinski definition) is 1. The van der Waals surface area contributed by atoms with Crippen molar-refractivity contribution in [2.75, 3.05) is 25.1 Å². The highest BCUT2D eigenvalue weighted by Gasteiger charge is 2.22. The molecule has 1 N–H and O–H groups in total. The van der Waals surface area contributed by atoms with Gasteiger partial charge in [0.05, 0.1) is 26.4 Å². The Labute approximate surface area is 117 Å². The summed E-state index contributed by atoms with van der Waals surface area (Å²) in [5, 5.41) is 7.17.